The molecule has 104 valence electrons. The Balaban J connectivity index is 0.00000289. The van der Waals surface area contributed by atoms with Gasteiger partial charge in [-0.15, -0.1) is 12.4 Å². The second kappa shape index (κ2) is 7.08. The molecule has 0 fully saturated rings. The van der Waals surface area contributed by atoms with Gasteiger partial charge in [0.2, 0.25) is 0 Å². The van der Waals surface area contributed by atoms with Crippen LogP contribution >= 0.6 is 24.2 Å². The largest absolute Gasteiger partial charge is 0.508 e. The molecular weight excluding hydrogens is 291 g/mol. The van der Waals surface area contributed by atoms with Crippen molar-refractivity contribution in [3.05, 3.63) is 23.8 Å². The molecule has 0 saturated heterocycles. The lowest BCUT2D eigenvalue weighted by atomic mass is 10.0. The van der Waals surface area contributed by atoms with Gasteiger partial charge in [-0.25, -0.2) is 0 Å². The van der Waals surface area contributed by atoms with Gasteiger partial charge in [-0.1, -0.05) is 0 Å². The van der Waals surface area contributed by atoms with Crippen LogP contribution in [0.15, 0.2) is 23.1 Å². The number of hydrogen-bond donors (Lipinski definition) is 3. The number of aromatic hydroxyl groups is 1. The molecule has 0 unspecified atom stereocenters. The van der Waals surface area contributed by atoms with E-state index >= 15 is 0 Å². The Kier molecular flexibility index (Phi) is 6.83. The summed E-state index contributed by atoms with van der Waals surface area (Å²) in [5.41, 5.74) is 1.45. The summed E-state index contributed by atoms with van der Waals surface area (Å²) in [5.74, 6) is -0.169. The van der Waals surface area contributed by atoms with Crippen LogP contribution in [-0.2, 0) is 0 Å². The van der Waals surface area contributed by atoms with Gasteiger partial charge in [-0.05, 0) is 36.4 Å². The minimum atomic E-state index is -4.38. The zero-order valence-electron chi connectivity index (χ0n) is 9.15. The van der Waals surface area contributed by atoms with Crippen LogP contribution in [0.25, 0.3) is 0 Å². The number of nitrogens with two attached hydrogens (primary N) is 1. The smallest absolute Gasteiger partial charge is 0.446 e. The number of phenols is 1. The van der Waals surface area contributed by atoms with E-state index in [1.165, 1.54) is 18.2 Å². The zero-order chi connectivity index (χ0) is 13.1. The lowest BCUT2D eigenvalue weighted by Gasteiger charge is -2.14. The van der Waals surface area contributed by atoms with Crippen molar-refractivity contribution in [2.45, 2.75) is 22.9 Å². The Morgan fingerprint density at radius 1 is 1.33 bits per heavy atom. The molecule has 1 aromatic rings. The number of thioether (sulfide) groups is 1. The van der Waals surface area contributed by atoms with Gasteiger partial charge in [0.25, 0.3) is 0 Å². The summed E-state index contributed by atoms with van der Waals surface area (Å²) in [4.78, 5) is -0.0429. The maximum atomic E-state index is 12.2. The third-order valence-corrected chi connectivity index (χ3v) is 2.79. The first-order valence-electron chi connectivity index (χ1n) is 4.78. The molecule has 4 N–H and O–H groups in total. The summed E-state index contributed by atoms with van der Waals surface area (Å²) >= 11 is -0.270. The van der Waals surface area contributed by atoms with Crippen molar-refractivity contribution < 1.29 is 23.4 Å². The molecule has 0 aliphatic heterocycles. The highest BCUT2D eigenvalue weighted by Gasteiger charge is 2.29. The Morgan fingerprint density at radius 2 is 1.94 bits per heavy atom. The molecule has 1 rings (SSSR count). The van der Waals surface area contributed by atoms with Crippen molar-refractivity contribution in [3.63, 3.8) is 0 Å². The third-order valence-electron chi connectivity index (χ3n) is 2.07. The second-order valence-corrected chi connectivity index (χ2v) is 4.53. The number of rotatable bonds is 4. The van der Waals surface area contributed by atoms with Gasteiger partial charge in [0.15, 0.2) is 0 Å². The monoisotopic (exact) mass is 303 g/mol. The van der Waals surface area contributed by atoms with Gasteiger partial charge in [0.1, 0.15) is 5.75 Å². The van der Waals surface area contributed by atoms with Crippen molar-refractivity contribution in [2.75, 3.05) is 6.61 Å². The molecule has 0 bridgehead atoms. The number of alkyl halides is 3. The topological polar surface area (TPSA) is 66.5 Å². The fourth-order valence-electron chi connectivity index (χ4n) is 1.32. The zero-order valence-corrected chi connectivity index (χ0v) is 10.8. The highest BCUT2D eigenvalue weighted by atomic mass is 35.5. The molecule has 0 spiro atoms. The van der Waals surface area contributed by atoms with E-state index in [1.54, 1.807) is 0 Å². The Labute approximate surface area is 113 Å². The molecule has 0 aliphatic carbocycles. The predicted octanol–water partition coefficient (Wildman–Crippen LogP) is 2.81. The summed E-state index contributed by atoms with van der Waals surface area (Å²) in [5, 5.41) is 18.2. The second-order valence-electron chi connectivity index (χ2n) is 3.39. The van der Waals surface area contributed by atoms with E-state index in [2.05, 4.69) is 0 Å². The van der Waals surface area contributed by atoms with Crippen LogP contribution in [0.3, 0.4) is 0 Å². The average molecular weight is 304 g/mol. The van der Waals surface area contributed by atoms with Crippen LogP contribution in [0.1, 0.15) is 18.0 Å². The van der Waals surface area contributed by atoms with E-state index in [-0.39, 0.29) is 53.4 Å². The van der Waals surface area contributed by atoms with Crippen molar-refractivity contribution in [1.29, 1.82) is 0 Å². The van der Waals surface area contributed by atoms with Crippen molar-refractivity contribution >= 4 is 24.2 Å². The maximum Gasteiger partial charge on any atom is 0.446 e. The summed E-state index contributed by atoms with van der Waals surface area (Å²) < 4.78 is 36.5. The molecule has 0 aromatic heterocycles. The number of aliphatic hydroxyl groups is 1. The fourth-order valence-corrected chi connectivity index (χ4v) is 1.91. The normalized spacial score (nSPS) is 12.9. The Bertz CT molecular complexity index is 390. The van der Waals surface area contributed by atoms with E-state index < -0.39 is 11.6 Å². The van der Waals surface area contributed by atoms with Crippen LogP contribution < -0.4 is 5.73 Å². The molecule has 1 aromatic carbocycles. The molecule has 0 saturated carbocycles. The summed E-state index contributed by atoms with van der Waals surface area (Å²) in [6.07, 6.45) is 0.174. The third kappa shape index (κ3) is 5.34. The van der Waals surface area contributed by atoms with Gasteiger partial charge < -0.3 is 15.9 Å². The first kappa shape index (κ1) is 17.4. The first-order chi connectivity index (χ1) is 7.83. The molecular formula is C10H13ClF3NO2S. The molecule has 18 heavy (non-hydrogen) atoms. The van der Waals surface area contributed by atoms with Crippen LogP contribution in [0.5, 0.6) is 5.75 Å². The minimum absolute atomic E-state index is 0. The van der Waals surface area contributed by atoms with Gasteiger partial charge in [0.05, 0.1) is 0 Å². The van der Waals surface area contributed by atoms with Crippen molar-refractivity contribution in [2.24, 2.45) is 5.73 Å². The van der Waals surface area contributed by atoms with Gasteiger partial charge in [0, 0.05) is 23.1 Å². The number of phenolic OH excluding ortho intramolecular Hbond substituents is 1. The molecule has 1 atom stereocenters. The SMILES string of the molecule is Cl.N[C@@H](CCO)c1cc(SC(F)(F)F)ccc1O. The van der Waals surface area contributed by atoms with E-state index in [0.29, 0.717) is 0 Å². The van der Waals surface area contributed by atoms with Gasteiger partial charge in [-0.2, -0.15) is 13.2 Å². The van der Waals surface area contributed by atoms with E-state index in [0.717, 1.165) is 0 Å². The van der Waals surface area contributed by atoms with E-state index in [9.17, 15) is 18.3 Å². The average Bonchev–Trinajstić information content (AvgIpc) is 2.19. The predicted molar refractivity (Wildman–Crippen MR) is 65.9 cm³/mol. The van der Waals surface area contributed by atoms with Crippen molar-refractivity contribution in [1.82, 2.24) is 0 Å². The van der Waals surface area contributed by atoms with Crippen LogP contribution in [-0.4, -0.2) is 22.3 Å². The lowest BCUT2D eigenvalue weighted by Crippen LogP contribution is -2.12. The van der Waals surface area contributed by atoms with Crippen molar-refractivity contribution in [3.8, 4) is 5.75 Å². The van der Waals surface area contributed by atoms with Crippen LogP contribution in [0.4, 0.5) is 13.2 Å². The number of hydrogen-bond acceptors (Lipinski definition) is 4. The molecule has 0 radical (unpaired) electrons. The van der Waals surface area contributed by atoms with Gasteiger partial charge in [-0.3, -0.25) is 0 Å². The van der Waals surface area contributed by atoms with Crippen LogP contribution in [0, 0.1) is 0 Å². The maximum absolute atomic E-state index is 12.2. The Morgan fingerprint density at radius 3 is 2.44 bits per heavy atom. The minimum Gasteiger partial charge on any atom is -0.508 e. The molecule has 0 amide bonds. The number of benzene rings is 1. The number of aliphatic hydroxyl groups excluding tert-OH is 1. The standard InChI is InChI=1S/C10H12F3NO2S.ClH/c11-10(12,13)17-6-1-2-9(16)7(5-6)8(14)3-4-15;/h1-2,5,8,15-16H,3-4,14H2;1H/t8-;/m0./s1. The summed E-state index contributed by atoms with van der Waals surface area (Å²) in [7, 11) is 0. The summed E-state index contributed by atoms with van der Waals surface area (Å²) in [6.45, 7) is -0.197. The van der Waals surface area contributed by atoms with E-state index in [1.807, 2.05) is 0 Å². The summed E-state index contributed by atoms with van der Waals surface area (Å²) in [6, 6.07) is 2.84. The number of halogens is 4. The highest BCUT2D eigenvalue weighted by molar-refractivity contribution is 8.00. The molecule has 0 heterocycles. The molecule has 8 heteroatoms. The fraction of sp³-hybridized carbons (Fsp3) is 0.400. The molecule has 0 aliphatic rings. The quantitative estimate of drug-likeness (QED) is 0.748. The van der Waals surface area contributed by atoms with Crippen LogP contribution in [0.2, 0.25) is 0 Å². The van der Waals surface area contributed by atoms with E-state index in [4.69, 9.17) is 10.8 Å². The Hall–Kier alpha value is -0.630. The first-order valence-corrected chi connectivity index (χ1v) is 5.60. The lowest BCUT2D eigenvalue weighted by molar-refractivity contribution is -0.0328. The van der Waals surface area contributed by atoms with Gasteiger partial charge >= 0.3 is 5.51 Å². The molecule has 3 nitrogen and oxygen atoms in total. The highest BCUT2D eigenvalue weighted by Crippen LogP contribution is 2.39.